The van der Waals surface area contributed by atoms with E-state index in [-0.39, 0.29) is 5.75 Å². The summed E-state index contributed by atoms with van der Waals surface area (Å²) >= 11 is 0. The van der Waals surface area contributed by atoms with Gasteiger partial charge in [-0.3, -0.25) is 0 Å². The second kappa shape index (κ2) is 6.57. The summed E-state index contributed by atoms with van der Waals surface area (Å²) in [7, 11) is -2.82. The van der Waals surface area contributed by atoms with E-state index in [9.17, 15) is 8.42 Å². The van der Waals surface area contributed by atoms with Crippen LogP contribution in [0.3, 0.4) is 0 Å². The maximum atomic E-state index is 10.9. The number of nitrogens with zero attached hydrogens (tertiary/aromatic N) is 1. The molecule has 0 aromatic rings. The predicted molar refractivity (Wildman–Crippen MR) is 67.4 cm³/mol. The molecule has 1 heterocycles. The van der Waals surface area contributed by atoms with Crippen LogP contribution in [-0.4, -0.2) is 58.1 Å². The lowest BCUT2D eigenvalue weighted by molar-refractivity contribution is 0.284. The van der Waals surface area contributed by atoms with Crippen LogP contribution in [0.4, 0.5) is 0 Å². The monoisotopic (exact) mass is 248 g/mol. The molecule has 1 fully saturated rings. The van der Waals surface area contributed by atoms with E-state index in [2.05, 4.69) is 17.1 Å². The Balaban J connectivity index is 2.03. The lowest BCUT2D eigenvalue weighted by atomic mass is 10.1. The summed E-state index contributed by atoms with van der Waals surface area (Å²) in [5, 5.41) is 3.21. The lowest BCUT2D eigenvalue weighted by Crippen LogP contribution is -2.33. The first-order valence-corrected chi connectivity index (χ1v) is 8.14. The Morgan fingerprint density at radius 2 is 1.94 bits per heavy atom. The van der Waals surface area contributed by atoms with Gasteiger partial charge in [-0.2, -0.15) is 0 Å². The quantitative estimate of drug-likeness (QED) is 0.661. The highest BCUT2D eigenvalue weighted by molar-refractivity contribution is 7.90. The number of sulfone groups is 1. The van der Waals surface area contributed by atoms with Gasteiger partial charge in [-0.05, 0) is 38.4 Å². The number of rotatable bonds is 7. The zero-order chi connectivity index (χ0) is 12.0. The Morgan fingerprint density at radius 3 is 2.50 bits per heavy atom. The lowest BCUT2D eigenvalue weighted by Gasteiger charge is -2.20. The Kier molecular flexibility index (Phi) is 5.72. The largest absolute Gasteiger partial charge is 0.315 e. The third kappa shape index (κ3) is 6.45. The molecule has 1 aliphatic rings. The van der Waals surface area contributed by atoms with E-state index in [4.69, 9.17) is 0 Å². The van der Waals surface area contributed by atoms with E-state index in [1.165, 1.54) is 32.2 Å². The SMILES string of the molecule is CC(CNCCS(C)(=O)=O)CN1CCCC1. The van der Waals surface area contributed by atoms with Gasteiger partial charge in [0.25, 0.3) is 0 Å². The number of hydrogen-bond donors (Lipinski definition) is 1. The standard InChI is InChI=1S/C11H24N2O2S/c1-11(10-13-6-3-4-7-13)9-12-5-8-16(2,14)15/h11-12H,3-10H2,1-2H3. The fourth-order valence-electron chi connectivity index (χ4n) is 2.08. The van der Waals surface area contributed by atoms with Crippen molar-refractivity contribution in [2.24, 2.45) is 5.92 Å². The topological polar surface area (TPSA) is 49.4 Å². The average molecular weight is 248 g/mol. The van der Waals surface area contributed by atoms with E-state index in [0.29, 0.717) is 12.5 Å². The van der Waals surface area contributed by atoms with E-state index in [1.54, 1.807) is 0 Å². The summed E-state index contributed by atoms with van der Waals surface area (Å²) < 4.78 is 21.8. The van der Waals surface area contributed by atoms with Crippen molar-refractivity contribution in [2.75, 3.05) is 44.7 Å². The zero-order valence-electron chi connectivity index (χ0n) is 10.4. The highest BCUT2D eigenvalue weighted by Crippen LogP contribution is 2.09. The summed E-state index contributed by atoms with van der Waals surface area (Å²) in [6.45, 7) is 7.29. The maximum absolute atomic E-state index is 10.9. The van der Waals surface area contributed by atoms with Gasteiger partial charge >= 0.3 is 0 Å². The van der Waals surface area contributed by atoms with Crippen molar-refractivity contribution in [1.82, 2.24) is 10.2 Å². The van der Waals surface area contributed by atoms with Gasteiger partial charge in [0.15, 0.2) is 0 Å². The Hall–Kier alpha value is -0.130. The van der Waals surface area contributed by atoms with Gasteiger partial charge in [-0.25, -0.2) is 8.42 Å². The summed E-state index contributed by atoms with van der Waals surface area (Å²) in [4.78, 5) is 2.49. The normalized spacial score (nSPS) is 20.1. The van der Waals surface area contributed by atoms with Crippen LogP contribution in [-0.2, 0) is 9.84 Å². The summed E-state index contributed by atoms with van der Waals surface area (Å²) in [5.41, 5.74) is 0. The Bertz CT molecular complexity index is 284. The molecule has 1 unspecified atom stereocenters. The Morgan fingerprint density at radius 1 is 1.31 bits per heavy atom. The summed E-state index contributed by atoms with van der Waals surface area (Å²) in [5.74, 6) is 0.835. The fraction of sp³-hybridized carbons (Fsp3) is 1.00. The van der Waals surface area contributed by atoms with Gasteiger partial charge in [-0.15, -0.1) is 0 Å². The molecule has 0 radical (unpaired) electrons. The molecule has 1 saturated heterocycles. The van der Waals surface area contributed by atoms with E-state index in [1.807, 2.05) is 0 Å². The van der Waals surface area contributed by atoms with Crippen LogP contribution in [0.5, 0.6) is 0 Å². The predicted octanol–water partition coefficient (Wildman–Crippen LogP) is 0.353. The van der Waals surface area contributed by atoms with Crippen LogP contribution in [0.25, 0.3) is 0 Å². The maximum Gasteiger partial charge on any atom is 0.148 e. The molecule has 0 bridgehead atoms. The van der Waals surface area contributed by atoms with Crippen molar-refractivity contribution in [3.05, 3.63) is 0 Å². The molecule has 1 aliphatic heterocycles. The van der Waals surface area contributed by atoms with Crippen molar-refractivity contribution in [1.29, 1.82) is 0 Å². The van der Waals surface area contributed by atoms with Gasteiger partial charge in [0.1, 0.15) is 9.84 Å². The van der Waals surface area contributed by atoms with Crippen LogP contribution in [0.2, 0.25) is 0 Å². The highest BCUT2D eigenvalue weighted by atomic mass is 32.2. The van der Waals surface area contributed by atoms with Crippen LogP contribution >= 0.6 is 0 Å². The molecule has 0 spiro atoms. The van der Waals surface area contributed by atoms with Crippen molar-refractivity contribution >= 4 is 9.84 Å². The van der Waals surface area contributed by atoms with Crippen LogP contribution in [0.1, 0.15) is 19.8 Å². The minimum absolute atomic E-state index is 0.240. The first kappa shape index (κ1) is 13.9. The zero-order valence-corrected chi connectivity index (χ0v) is 11.2. The Labute approximate surface area is 99.3 Å². The molecule has 5 heteroatoms. The van der Waals surface area contributed by atoms with Crippen molar-refractivity contribution in [3.8, 4) is 0 Å². The fourth-order valence-corrected chi connectivity index (χ4v) is 2.59. The third-order valence-corrected chi connectivity index (χ3v) is 3.86. The van der Waals surface area contributed by atoms with E-state index < -0.39 is 9.84 Å². The third-order valence-electron chi connectivity index (χ3n) is 2.91. The average Bonchev–Trinajstić information content (AvgIpc) is 2.63. The van der Waals surface area contributed by atoms with Gasteiger partial charge < -0.3 is 10.2 Å². The molecule has 0 aromatic heterocycles. The molecule has 96 valence electrons. The minimum atomic E-state index is -2.82. The van der Waals surface area contributed by atoms with Crippen molar-refractivity contribution in [2.45, 2.75) is 19.8 Å². The second-order valence-corrected chi connectivity index (χ2v) is 7.21. The van der Waals surface area contributed by atoms with Gasteiger partial charge in [0.05, 0.1) is 5.75 Å². The van der Waals surface area contributed by atoms with Crippen LogP contribution in [0.15, 0.2) is 0 Å². The summed E-state index contributed by atoms with van der Waals surface area (Å²) in [6.07, 6.45) is 3.94. The molecule has 0 amide bonds. The molecule has 1 atom stereocenters. The van der Waals surface area contributed by atoms with Crippen LogP contribution < -0.4 is 5.32 Å². The highest BCUT2D eigenvalue weighted by Gasteiger charge is 2.14. The molecule has 4 nitrogen and oxygen atoms in total. The number of likely N-dealkylation sites (tertiary alicyclic amines) is 1. The number of nitrogens with one attached hydrogen (secondary N) is 1. The van der Waals surface area contributed by atoms with Gasteiger partial charge in [0.2, 0.25) is 0 Å². The van der Waals surface area contributed by atoms with Crippen molar-refractivity contribution in [3.63, 3.8) is 0 Å². The van der Waals surface area contributed by atoms with E-state index >= 15 is 0 Å². The molecule has 1 rings (SSSR count). The second-order valence-electron chi connectivity index (χ2n) is 4.95. The first-order valence-electron chi connectivity index (χ1n) is 6.08. The van der Waals surface area contributed by atoms with Gasteiger partial charge in [-0.1, -0.05) is 6.92 Å². The number of hydrogen-bond acceptors (Lipinski definition) is 4. The van der Waals surface area contributed by atoms with Crippen molar-refractivity contribution < 1.29 is 8.42 Å². The smallest absolute Gasteiger partial charge is 0.148 e. The van der Waals surface area contributed by atoms with Crippen LogP contribution in [0, 0.1) is 5.92 Å². The molecule has 0 saturated carbocycles. The molecule has 0 aliphatic carbocycles. The molecule has 1 N–H and O–H groups in total. The molecular formula is C11H24N2O2S. The van der Waals surface area contributed by atoms with Gasteiger partial charge in [0, 0.05) is 19.3 Å². The van der Waals surface area contributed by atoms with E-state index in [0.717, 1.165) is 13.1 Å². The first-order chi connectivity index (χ1) is 7.47. The summed E-state index contributed by atoms with van der Waals surface area (Å²) in [6, 6.07) is 0. The molecule has 0 aromatic carbocycles. The molecular weight excluding hydrogens is 224 g/mol. The minimum Gasteiger partial charge on any atom is -0.315 e. The molecule has 16 heavy (non-hydrogen) atoms.